The third kappa shape index (κ3) is 4.04. The zero-order chi connectivity index (χ0) is 19.7. The molecule has 0 aromatic heterocycles. The summed E-state index contributed by atoms with van der Waals surface area (Å²) < 4.78 is 0. The van der Waals surface area contributed by atoms with E-state index in [9.17, 15) is 0 Å². The number of benzene rings is 2. The van der Waals surface area contributed by atoms with Gasteiger partial charge in [-0.3, -0.25) is 0 Å². The number of anilines is 1. The first kappa shape index (κ1) is 19.9. The highest BCUT2D eigenvalue weighted by molar-refractivity contribution is 6.91. The van der Waals surface area contributed by atoms with Crippen LogP contribution in [0.15, 0.2) is 77.1 Å². The topological polar surface area (TPSA) is 12.0 Å². The summed E-state index contributed by atoms with van der Waals surface area (Å²) in [6.45, 7) is 14.6. The average Bonchev–Trinajstić information content (AvgIpc) is 3.10. The van der Waals surface area contributed by atoms with E-state index in [1.807, 2.05) is 0 Å². The normalized spacial score (nSPS) is 15.9. The van der Waals surface area contributed by atoms with Crippen molar-refractivity contribution in [3.63, 3.8) is 0 Å². The lowest BCUT2D eigenvalue weighted by Crippen LogP contribution is -2.46. The Hall–Kier alpha value is -1.85. The molecule has 1 atom stereocenters. The Bertz CT molecular complexity index is 857. The van der Waals surface area contributed by atoms with Gasteiger partial charge in [0, 0.05) is 5.69 Å². The van der Waals surface area contributed by atoms with Crippen LogP contribution in [0.1, 0.15) is 32.8 Å². The Kier molecular flexibility index (Phi) is 5.64. The first-order valence-corrected chi connectivity index (χ1v) is 14.7. The van der Waals surface area contributed by atoms with E-state index in [0.29, 0.717) is 5.04 Å². The highest BCUT2D eigenvalue weighted by atomic mass is 28.3. The van der Waals surface area contributed by atoms with E-state index >= 15 is 0 Å². The molecule has 0 saturated carbocycles. The van der Waals surface area contributed by atoms with Gasteiger partial charge in [-0.1, -0.05) is 98.9 Å². The van der Waals surface area contributed by atoms with Crippen molar-refractivity contribution in [3.8, 4) is 0 Å². The monoisotopic (exact) mass is 391 g/mol. The smallest absolute Gasteiger partial charge is 0.197 e. The molecular weight excluding hydrogens is 358 g/mol. The van der Waals surface area contributed by atoms with E-state index in [4.69, 9.17) is 0 Å². The molecule has 0 heterocycles. The SMILES string of the molecule is Cc1ccccc1[SiH](Nc1ccccc1)C1=C([Si](C)(C)C(C)(C)C)C=CC1. The molecule has 0 aliphatic heterocycles. The second-order valence-electron chi connectivity index (χ2n) is 9.22. The fourth-order valence-corrected chi connectivity index (χ4v) is 10.4. The standard InChI is InChI=1S/C24H33NSi2/c1-19-13-10-11-16-21(19)26(25-20-14-8-7-9-15-20)22-17-12-18-23(22)27(5,6)24(2,3)4/h7-16,18,25-26H,17H2,1-6H3. The quantitative estimate of drug-likeness (QED) is 0.627. The Morgan fingerprint density at radius 2 is 1.56 bits per heavy atom. The first-order valence-electron chi connectivity index (χ1n) is 9.99. The van der Waals surface area contributed by atoms with Crippen molar-refractivity contribution in [2.45, 2.75) is 52.2 Å². The lowest BCUT2D eigenvalue weighted by molar-refractivity contribution is 0.726. The molecular formula is C24H33NSi2. The van der Waals surface area contributed by atoms with Gasteiger partial charge >= 0.3 is 0 Å². The largest absolute Gasteiger partial charge is 0.406 e. The summed E-state index contributed by atoms with van der Waals surface area (Å²) in [4.78, 5) is 3.99. The Morgan fingerprint density at radius 3 is 2.19 bits per heavy atom. The molecule has 2 aromatic rings. The molecule has 1 aliphatic rings. The molecule has 27 heavy (non-hydrogen) atoms. The van der Waals surface area contributed by atoms with Crippen LogP contribution >= 0.6 is 0 Å². The Morgan fingerprint density at radius 1 is 0.926 bits per heavy atom. The molecule has 2 aromatic carbocycles. The molecule has 3 rings (SSSR count). The fourth-order valence-electron chi connectivity index (χ4n) is 3.77. The maximum atomic E-state index is 3.99. The van der Waals surface area contributed by atoms with Crippen LogP contribution < -0.4 is 10.2 Å². The predicted molar refractivity (Wildman–Crippen MR) is 126 cm³/mol. The van der Waals surface area contributed by atoms with Gasteiger partial charge in [-0.2, -0.15) is 0 Å². The Balaban J connectivity index is 2.13. The van der Waals surface area contributed by atoms with Crippen LogP contribution in [-0.4, -0.2) is 17.0 Å². The van der Waals surface area contributed by atoms with Gasteiger partial charge in [-0.15, -0.1) is 0 Å². The van der Waals surface area contributed by atoms with E-state index < -0.39 is 17.0 Å². The van der Waals surface area contributed by atoms with E-state index in [1.165, 1.54) is 16.4 Å². The highest BCUT2D eigenvalue weighted by Gasteiger charge is 2.41. The summed E-state index contributed by atoms with van der Waals surface area (Å²) >= 11 is 0. The maximum absolute atomic E-state index is 3.99. The van der Waals surface area contributed by atoms with Gasteiger partial charge in [-0.25, -0.2) is 0 Å². The van der Waals surface area contributed by atoms with Gasteiger partial charge in [0.1, 0.15) is 0 Å². The molecule has 0 amide bonds. The average molecular weight is 392 g/mol. The summed E-state index contributed by atoms with van der Waals surface area (Å²) in [5.41, 5.74) is 2.65. The lowest BCUT2D eigenvalue weighted by Gasteiger charge is -2.39. The number of rotatable bonds is 5. The molecule has 1 N–H and O–H groups in total. The second-order valence-corrected chi connectivity index (χ2v) is 17.0. The minimum Gasteiger partial charge on any atom is -0.406 e. The molecule has 1 nitrogen and oxygen atoms in total. The minimum absolute atomic E-state index is 0.347. The number of hydrogen-bond donors (Lipinski definition) is 1. The van der Waals surface area contributed by atoms with Crippen molar-refractivity contribution in [3.05, 3.63) is 82.7 Å². The van der Waals surface area contributed by atoms with Crippen LogP contribution in [0.25, 0.3) is 0 Å². The van der Waals surface area contributed by atoms with E-state index in [-0.39, 0.29) is 0 Å². The molecule has 1 unspecified atom stereocenters. The van der Waals surface area contributed by atoms with Crippen LogP contribution in [0.4, 0.5) is 5.69 Å². The maximum Gasteiger partial charge on any atom is 0.197 e. The Labute approximate surface area is 167 Å². The van der Waals surface area contributed by atoms with Gasteiger partial charge in [0.2, 0.25) is 0 Å². The van der Waals surface area contributed by atoms with Crippen molar-refractivity contribution in [2.24, 2.45) is 0 Å². The molecule has 0 spiro atoms. The zero-order valence-electron chi connectivity index (χ0n) is 17.6. The lowest BCUT2D eigenvalue weighted by atomic mass is 10.2. The highest BCUT2D eigenvalue weighted by Crippen LogP contribution is 2.44. The molecule has 3 heteroatoms. The van der Waals surface area contributed by atoms with Crippen molar-refractivity contribution in [1.82, 2.24) is 0 Å². The van der Waals surface area contributed by atoms with Gasteiger partial charge in [0.15, 0.2) is 8.96 Å². The number of nitrogens with one attached hydrogen (secondary N) is 1. The molecule has 0 radical (unpaired) electrons. The second kappa shape index (κ2) is 7.65. The van der Waals surface area contributed by atoms with E-state index in [0.717, 1.165) is 6.42 Å². The number of hydrogen-bond acceptors (Lipinski definition) is 1. The van der Waals surface area contributed by atoms with Crippen molar-refractivity contribution < 1.29 is 0 Å². The van der Waals surface area contributed by atoms with Crippen LogP contribution in [0.5, 0.6) is 0 Å². The fraction of sp³-hybridized carbons (Fsp3) is 0.333. The zero-order valence-corrected chi connectivity index (χ0v) is 19.8. The van der Waals surface area contributed by atoms with Gasteiger partial charge in [-0.05, 0) is 41.3 Å². The third-order valence-corrected chi connectivity index (χ3v) is 15.5. The molecule has 0 fully saturated rings. The number of allylic oxidation sites excluding steroid dienone is 4. The number of aryl methyl sites for hydroxylation is 1. The first-order chi connectivity index (χ1) is 12.7. The van der Waals surface area contributed by atoms with Gasteiger partial charge in [0.05, 0.1) is 8.07 Å². The van der Waals surface area contributed by atoms with Crippen LogP contribution in [0, 0.1) is 6.92 Å². The number of para-hydroxylation sites is 1. The predicted octanol–water partition coefficient (Wildman–Crippen LogP) is 5.88. The molecule has 0 bridgehead atoms. The van der Waals surface area contributed by atoms with E-state index in [2.05, 4.69) is 113 Å². The van der Waals surface area contributed by atoms with Crippen LogP contribution in [-0.2, 0) is 0 Å². The van der Waals surface area contributed by atoms with Gasteiger partial charge in [0.25, 0.3) is 0 Å². The summed E-state index contributed by atoms with van der Waals surface area (Å²) in [5, 5.41) is 5.24. The van der Waals surface area contributed by atoms with Crippen molar-refractivity contribution in [1.29, 1.82) is 0 Å². The molecule has 1 aliphatic carbocycles. The van der Waals surface area contributed by atoms with E-state index in [1.54, 1.807) is 10.4 Å². The third-order valence-electron chi connectivity index (χ3n) is 6.45. The summed E-state index contributed by atoms with van der Waals surface area (Å²) in [7, 11) is -3.12. The van der Waals surface area contributed by atoms with Crippen LogP contribution in [0.3, 0.4) is 0 Å². The minimum atomic E-state index is -1.58. The van der Waals surface area contributed by atoms with Crippen LogP contribution in [0.2, 0.25) is 18.1 Å². The van der Waals surface area contributed by atoms with Crippen molar-refractivity contribution in [2.75, 3.05) is 4.98 Å². The van der Waals surface area contributed by atoms with Crippen molar-refractivity contribution >= 4 is 27.9 Å². The summed E-state index contributed by atoms with van der Waals surface area (Å²) in [5.74, 6) is 0. The molecule has 0 saturated heterocycles. The van der Waals surface area contributed by atoms with Gasteiger partial charge < -0.3 is 4.98 Å². The summed E-state index contributed by atoms with van der Waals surface area (Å²) in [6.07, 6.45) is 5.96. The molecule has 142 valence electrons. The summed E-state index contributed by atoms with van der Waals surface area (Å²) in [6, 6.07) is 19.7.